The number of aliphatic hydroxyl groups excluding tert-OH is 1. The fraction of sp³-hybridized carbons (Fsp3) is 0.308. The average molecular weight is 266 g/mol. The summed E-state index contributed by atoms with van der Waals surface area (Å²) in [4.78, 5) is 4.26. The van der Waals surface area contributed by atoms with E-state index in [9.17, 15) is 9.50 Å². The fourth-order valence-electron chi connectivity index (χ4n) is 1.88. The summed E-state index contributed by atoms with van der Waals surface area (Å²) in [6.07, 6.45) is -0.759. The van der Waals surface area contributed by atoms with E-state index in [0.29, 0.717) is 5.69 Å². The molecule has 2 unspecified atom stereocenters. The Morgan fingerprint density at radius 1 is 1.39 bits per heavy atom. The van der Waals surface area contributed by atoms with Gasteiger partial charge in [0.2, 0.25) is 0 Å². The Bertz CT molecular complexity index is 512. The number of aliphatic hydroxyl groups is 1. The molecule has 3 N–H and O–H groups in total. The SMILES string of the molecule is Cc1nc(C(O)C(CN)c2ccc(F)cc2)cs1. The van der Waals surface area contributed by atoms with E-state index in [1.165, 1.54) is 23.5 Å². The predicted octanol–water partition coefficient (Wildman–Crippen LogP) is 2.37. The summed E-state index contributed by atoms with van der Waals surface area (Å²) in [7, 11) is 0. The molecule has 0 amide bonds. The molecule has 5 heteroatoms. The number of nitrogens with two attached hydrogens (primary N) is 1. The lowest BCUT2D eigenvalue weighted by molar-refractivity contribution is 0.143. The third-order valence-corrected chi connectivity index (χ3v) is 3.66. The standard InChI is InChI=1S/C13H15FN2OS/c1-8-16-12(7-18-8)13(17)11(6-15)9-2-4-10(14)5-3-9/h2-5,7,11,13,17H,6,15H2,1H3. The highest BCUT2D eigenvalue weighted by Gasteiger charge is 2.23. The molecule has 1 heterocycles. The Balaban J connectivity index is 2.25. The van der Waals surface area contributed by atoms with Crippen molar-refractivity contribution < 1.29 is 9.50 Å². The maximum atomic E-state index is 12.9. The maximum absolute atomic E-state index is 12.9. The molecule has 1 aromatic carbocycles. The molecule has 0 bridgehead atoms. The average Bonchev–Trinajstić information content (AvgIpc) is 2.79. The van der Waals surface area contributed by atoms with Gasteiger partial charge >= 0.3 is 0 Å². The van der Waals surface area contributed by atoms with Gasteiger partial charge in [-0.2, -0.15) is 0 Å². The number of rotatable bonds is 4. The van der Waals surface area contributed by atoms with Crippen LogP contribution in [0.15, 0.2) is 29.6 Å². The topological polar surface area (TPSA) is 59.1 Å². The lowest BCUT2D eigenvalue weighted by atomic mass is 9.92. The summed E-state index contributed by atoms with van der Waals surface area (Å²) in [6.45, 7) is 2.17. The van der Waals surface area contributed by atoms with E-state index in [2.05, 4.69) is 4.98 Å². The van der Waals surface area contributed by atoms with Gasteiger partial charge in [-0.1, -0.05) is 12.1 Å². The van der Waals surface area contributed by atoms with Gasteiger partial charge < -0.3 is 10.8 Å². The van der Waals surface area contributed by atoms with Crippen molar-refractivity contribution in [1.29, 1.82) is 0 Å². The fourth-order valence-corrected chi connectivity index (χ4v) is 2.52. The van der Waals surface area contributed by atoms with Crippen molar-refractivity contribution in [3.05, 3.63) is 51.7 Å². The van der Waals surface area contributed by atoms with Gasteiger partial charge in [0, 0.05) is 17.8 Å². The van der Waals surface area contributed by atoms with Gasteiger partial charge in [0.05, 0.1) is 10.7 Å². The molecule has 1 aromatic heterocycles. The maximum Gasteiger partial charge on any atom is 0.123 e. The van der Waals surface area contributed by atoms with E-state index < -0.39 is 6.10 Å². The van der Waals surface area contributed by atoms with Crippen molar-refractivity contribution in [2.45, 2.75) is 18.9 Å². The first-order chi connectivity index (χ1) is 8.61. The Morgan fingerprint density at radius 2 is 2.06 bits per heavy atom. The number of aromatic nitrogens is 1. The second-order valence-electron chi connectivity index (χ2n) is 4.13. The number of nitrogens with zero attached hydrogens (tertiary/aromatic N) is 1. The first-order valence-corrected chi connectivity index (χ1v) is 6.55. The van der Waals surface area contributed by atoms with Gasteiger partial charge in [0.25, 0.3) is 0 Å². The highest BCUT2D eigenvalue weighted by molar-refractivity contribution is 7.09. The quantitative estimate of drug-likeness (QED) is 0.893. The van der Waals surface area contributed by atoms with Gasteiger partial charge in [-0.15, -0.1) is 11.3 Å². The summed E-state index contributed by atoms with van der Waals surface area (Å²) in [5.74, 6) is -0.569. The summed E-state index contributed by atoms with van der Waals surface area (Å²) >= 11 is 1.49. The summed E-state index contributed by atoms with van der Waals surface area (Å²) in [6, 6.07) is 6.04. The number of benzene rings is 1. The van der Waals surface area contributed by atoms with E-state index in [4.69, 9.17) is 5.73 Å². The molecular weight excluding hydrogens is 251 g/mol. The largest absolute Gasteiger partial charge is 0.386 e. The van der Waals surface area contributed by atoms with Crippen LogP contribution in [0.2, 0.25) is 0 Å². The number of aryl methyl sites for hydroxylation is 1. The first kappa shape index (κ1) is 13.1. The lowest BCUT2D eigenvalue weighted by Crippen LogP contribution is -2.20. The predicted molar refractivity (Wildman–Crippen MR) is 70.0 cm³/mol. The van der Waals surface area contributed by atoms with Gasteiger partial charge in [0.15, 0.2) is 0 Å². The Morgan fingerprint density at radius 3 is 2.56 bits per heavy atom. The highest BCUT2D eigenvalue weighted by Crippen LogP contribution is 2.30. The minimum absolute atomic E-state index is 0.271. The smallest absolute Gasteiger partial charge is 0.123 e. The van der Waals surface area contributed by atoms with Crippen LogP contribution in [0.5, 0.6) is 0 Å². The van der Waals surface area contributed by atoms with Crippen LogP contribution in [0.4, 0.5) is 4.39 Å². The molecule has 2 rings (SSSR count). The third kappa shape index (κ3) is 2.75. The molecule has 0 fully saturated rings. The van der Waals surface area contributed by atoms with Gasteiger partial charge in [-0.05, 0) is 24.6 Å². The van der Waals surface area contributed by atoms with Crippen molar-refractivity contribution in [2.24, 2.45) is 5.73 Å². The molecule has 96 valence electrons. The third-order valence-electron chi connectivity index (χ3n) is 2.87. The van der Waals surface area contributed by atoms with Crippen LogP contribution in [-0.4, -0.2) is 16.6 Å². The number of hydrogen-bond acceptors (Lipinski definition) is 4. The zero-order valence-corrected chi connectivity index (χ0v) is 10.8. The zero-order valence-electron chi connectivity index (χ0n) is 10.0. The van der Waals surface area contributed by atoms with Crippen LogP contribution in [0, 0.1) is 12.7 Å². The van der Waals surface area contributed by atoms with Crippen LogP contribution in [0.1, 0.15) is 28.3 Å². The molecule has 0 aliphatic rings. The second-order valence-corrected chi connectivity index (χ2v) is 5.19. The second kappa shape index (κ2) is 5.56. The molecular formula is C13H15FN2OS. The number of hydrogen-bond donors (Lipinski definition) is 2. The van der Waals surface area contributed by atoms with E-state index in [-0.39, 0.29) is 18.3 Å². The molecule has 0 radical (unpaired) electrons. The first-order valence-electron chi connectivity index (χ1n) is 5.67. The summed E-state index contributed by atoms with van der Waals surface area (Å²) in [5, 5.41) is 13.0. The van der Waals surface area contributed by atoms with Gasteiger partial charge in [0.1, 0.15) is 11.9 Å². The summed E-state index contributed by atoms with van der Waals surface area (Å²) in [5.41, 5.74) is 7.15. The normalized spacial score (nSPS) is 14.4. The van der Waals surface area contributed by atoms with Crippen LogP contribution in [-0.2, 0) is 0 Å². The van der Waals surface area contributed by atoms with Crippen LogP contribution in [0.3, 0.4) is 0 Å². The van der Waals surface area contributed by atoms with Crippen LogP contribution < -0.4 is 5.73 Å². The van der Waals surface area contributed by atoms with Crippen LogP contribution in [0.25, 0.3) is 0 Å². The molecule has 0 aliphatic carbocycles. The monoisotopic (exact) mass is 266 g/mol. The minimum atomic E-state index is -0.759. The number of halogens is 1. The van der Waals surface area contributed by atoms with Crippen molar-refractivity contribution in [3.8, 4) is 0 Å². The summed E-state index contributed by atoms with van der Waals surface area (Å²) < 4.78 is 12.9. The van der Waals surface area contributed by atoms with Crippen LogP contribution >= 0.6 is 11.3 Å². The molecule has 0 saturated heterocycles. The highest BCUT2D eigenvalue weighted by atomic mass is 32.1. The van der Waals surface area contributed by atoms with E-state index in [1.807, 2.05) is 12.3 Å². The molecule has 0 saturated carbocycles. The van der Waals surface area contributed by atoms with Gasteiger partial charge in [-0.3, -0.25) is 0 Å². The van der Waals surface area contributed by atoms with E-state index in [0.717, 1.165) is 10.6 Å². The minimum Gasteiger partial charge on any atom is -0.386 e. The lowest BCUT2D eigenvalue weighted by Gasteiger charge is -2.20. The number of thiazole rings is 1. The van der Waals surface area contributed by atoms with Crippen molar-refractivity contribution in [3.63, 3.8) is 0 Å². The van der Waals surface area contributed by atoms with Crippen molar-refractivity contribution in [2.75, 3.05) is 6.54 Å². The molecule has 2 aromatic rings. The van der Waals surface area contributed by atoms with E-state index >= 15 is 0 Å². The Labute approximate surface area is 109 Å². The van der Waals surface area contributed by atoms with Crippen molar-refractivity contribution >= 4 is 11.3 Å². The Kier molecular flexibility index (Phi) is 4.06. The van der Waals surface area contributed by atoms with Crippen molar-refractivity contribution in [1.82, 2.24) is 4.98 Å². The molecule has 0 spiro atoms. The molecule has 2 atom stereocenters. The molecule has 0 aliphatic heterocycles. The molecule has 3 nitrogen and oxygen atoms in total. The van der Waals surface area contributed by atoms with E-state index in [1.54, 1.807) is 12.1 Å². The zero-order chi connectivity index (χ0) is 13.1. The van der Waals surface area contributed by atoms with Gasteiger partial charge in [-0.25, -0.2) is 9.37 Å². The molecule has 18 heavy (non-hydrogen) atoms. The Hall–Kier alpha value is -1.30.